The van der Waals surface area contributed by atoms with Crippen LogP contribution in [-0.2, 0) is 13.0 Å². The van der Waals surface area contributed by atoms with Gasteiger partial charge in [0.15, 0.2) is 5.82 Å². The molecule has 3 heterocycles. The van der Waals surface area contributed by atoms with Crippen molar-refractivity contribution in [1.29, 1.82) is 0 Å². The lowest BCUT2D eigenvalue weighted by molar-refractivity contribution is 0.274. The van der Waals surface area contributed by atoms with Gasteiger partial charge in [-0.05, 0) is 49.1 Å². The molecule has 4 rings (SSSR count). The summed E-state index contributed by atoms with van der Waals surface area (Å²) in [5, 5.41) is 17.3. The number of anilines is 1. The molecule has 4 N–H and O–H groups in total. The van der Waals surface area contributed by atoms with E-state index in [-0.39, 0.29) is 6.61 Å². The number of nitrogens with one attached hydrogen (secondary N) is 1. The molecule has 0 spiro atoms. The summed E-state index contributed by atoms with van der Waals surface area (Å²) >= 11 is 0. The van der Waals surface area contributed by atoms with Gasteiger partial charge in [0.25, 0.3) is 0 Å². The van der Waals surface area contributed by atoms with E-state index in [1.54, 1.807) is 0 Å². The maximum Gasteiger partial charge on any atom is 0.151 e. The SMILES string of the molecule is CCc1cc(-c2cc(C3CCCNC3)n3ncnc(N)c23)cc(F)c1CO. The summed E-state index contributed by atoms with van der Waals surface area (Å²) in [4.78, 5) is 4.15. The van der Waals surface area contributed by atoms with Crippen LogP contribution in [0.2, 0.25) is 0 Å². The van der Waals surface area contributed by atoms with E-state index in [0.717, 1.165) is 48.3 Å². The van der Waals surface area contributed by atoms with Gasteiger partial charge in [0.2, 0.25) is 0 Å². The largest absolute Gasteiger partial charge is 0.392 e. The fourth-order valence-electron chi connectivity index (χ4n) is 4.05. The summed E-state index contributed by atoms with van der Waals surface area (Å²) < 4.78 is 16.5. The minimum atomic E-state index is -0.400. The number of aliphatic hydroxyl groups is 1. The number of benzene rings is 1. The highest BCUT2D eigenvalue weighted by Gasteiger charge is 2.24. The van der Waals surface area contributed by atoms with Crippen LogP contribution in [-0.4, -0.2) is 32.8 Å². The summed E-state index contributed by atoms with van der Waals surface area (Å²) in [5.74, 6) is 0.295. The monoisotopic (exact) mass is 369 g/mol. The van der Waals surface area contributed by atoms with Crippen molar-refractivity contribution in [1.82, 2.24) is 19.9 Å². The van der Waals surface area contributed by atoms with Gasteiger partial charge in [-0.3, -0.25) is 0 Å². The summed E-state index contributed by atoms with van der Waals surface area (Å²) in [5.41, 5.74) is 10.7. The lowest BCUT2D eigenvalue weighted by atomic mass is 9.94. The zero-order valence-corrected chi connectivity index (χ0v) is 15.4. The molecule has 0 saturated carbocycles. The molecule has 2 aromatic heterocycles. The van der Waals surface area contributed by atoms with E-state index < -0.39 is 5.82 Å². The molecule has 1 atom stereocenters. The minimum absolute atomic E-state index is 0.309. The first-order valence-corrected chi connectivity index (χ1v) is 9.39. The van der Waals surface area contributed by atoms with Crippen LogP contribution in [0.15, 0.2) is 24.5 Å². The fourth-order valence-corrected chi connectivity index (χ4v) is 4.05. The van der Waals surface area contributed by atoms with Crippen LogP contribution >= 0.6 is 0 Å². The number of hydrogen-bond donors (Lipinski definition) is 3. The van der Waals surface area contributed by atoms with E-state index in [0.29, 0.717) is 29.2 Å². The molecule has 0 bridgehead atoms. The predicted octanol–water partition coefficient (Wildman–Crippen LogP) is 2.64. The molecule has 0 amide bonds. The van der Waals surface area contributed by atoms with E-state index in [1.807, 2.05) is 17.5 Å². The molecule has 6 nitrogen and oxygen atoms in total. The first-order chi connectivity index (χ1) is 13.1. The first-order valence-electron chi connectivity index (χ1n) is 9.39. The Morgan fingerprint density at radius 3 is 2.93 bits per heavy atom. The molecule has 7 heteroatoms. The van der Waals surface area contributed by atoms with Crippen LogP contribution in [0.25, 0.3) is 16.6 Å². The second kappa shape index (κ2) is 7.25. The highest BCUT2D eigenvalue weighted by Crippen LogP contribution is 2.36. The van der Waals surface area contributed by atoms with Crippen LogP contribution in [0.4, 0.5) is 10.2 Å². The molecular weight excluding hydrogens is 345 g/mol. The van der Waals surface area contributed by atoms with Gasteiger partial charge in [0, 0.05) is 29.3 Å². The van der Waals surface area contributed by atoms with Crippen molar-refractivity contribution in [2.24, 2.45) is 0 Å². The predicted molar refractivity (Wildman–Crippen MR) is 103 cm³/mol. The van der Waals surface area contributed by atoms with Gasteiger partial charge in [-0.15, -0.1) is 0 Å². The molecule has 27 heavy (non-hydrogen) atoms. The zero-order valence-electron chi connectivity index (χ0n) is 15.4. The summed E-state index contributed by atoms with van der Waals surface area (Å²) in [6.45, 7) is 3.55. The molecule has 1 saturated heterocycles. The number of rotatable bonds is 4. The third kappa shape index (κ3) is 3.07. The number of hydrogen-bond acceptors (Lipinski definition) is 5. The third-order valence-corrected chi connectivity index (χ3v) is 5.46. The smallest absolute Gasteiger partial charge is 0.151 e. The molecular formula is C20H24FN5O. The normalized spacial score (nSPS) is 17.5. The first kappa shape index (κ1) is 17.9. The lowest BCUT2D eigenvalue weighted by Crippen LogP contribution is -2.29. The number of nitrogens with two attached hydrogens (primary N) is 1. The highest BCUT2D eigenvalue weighted by molar-refractivity contribution is 5.88. The number of fused-ring (bicyclic) bond motifs is 1. The summed E-state index contributed by atoms with van der Waals surface area (Å²) in [6.07, 6.45) is 4.27. The molecule has 1 unspecified atom stereocenters. The average Bonchev–Trinajstić information content (AvgIpc) is 3.09. The molecule has 0 aliphatic carbocycles. The van der Waals surface area contributed by atoms with Crippen molar-refractivity contribution in [2.45, 2.75) is 38.7 Å². The Kier molecular flexibility index (Phi) is 4.80. The Bertz CT molecular complexity index is 978. The standard InChI is InChI=1S/C20H24FN5O/c1-2-12-6-14(7-17(21)16(12)10-27)15-8-18(13-4-3-5-23-9-13)26-19(15)20(22)24-11-25-26/h6-8,11,13,23,27H,2-5,9-10H2,1H3,(H2,22,24,25). The summed E-state index contributed by atoms with van der Waals surface area (Å²) in [6, 6.07) is 5.46. The summed E-state index contributed by atoms with van der Waals surface area (Å²) in [7, 11) is 0. The highest BCUT2D eigenvalue weighted by atomic mass is 19.1. The van der Waals surface area contributed by atoms with Crippen LogP contribution in [0, 0.1) is 5.82 Å². The van der Waals surface area contributed by atoms with E-state index >= 15 is 0 Å². The number of piperidine rings is 1. The van der Waals surface area contributed by atoms with Gasteiger partial charge in [0.1, 0.15) is 17.7 Å². The number of aryl methyl sites for hydroxylation is 1. The second-order valence-electron chi connectivity index (χ2n) is 7.04. The quantitative estimate of drug-likeness (QED) is 0.658. The number of nitrogens with zero attached hydrogens (tertiary/aromatic N) is 3. The average molecular weight is 369 g/mol. The number of halogens is 1. The number of aliphatic hydroxyl groups excluding tert-OH is 1. The topological polar surface area (TPSA) is 88.5 Å². The van der Waals surface area contributed by atoms with Crippen LogP contribution in [0.5, 0.6) is 0 Å². The molecule has 1 aromatic carbocycles. The Labute approximate surface area is 157 Å². The van der Waals surface area contributed by atoms with Crippen molar-refractivity contribution in [3.63, 3.8) is 0 Å². The van der Waals surface area contributed by atoms with Gasteiger partial charge in [-0.25, -0.2) is 13.9 Å². The fraction of sp³-hybridized carbons (Fsp3) is 0.400. The van der Waals surface area contributed by atoms with Gasteiger partial charge in [0.05, 0.1) is 6.61 Å². The molecule has 1 fully saturated rings. The van der Waals surface area contributed by atoms with E-state index in [9.17, 15) is 9.50 Å². The molecule has 0 radical (unpaired) electrons. The maximum atomic E-state index is 14.6. The van der Waals surface area contributed by atoms with Crippen LogP contribution in [0.3, 0.4) is 0 Å². The van der Waals surface area contributed by atoms with Crippen molar-refractivity contribution in [3.05, 3.63) is 47.2 Å². The Morgan fingerprint density at radius 2 is 2.22 bits per heavy atom. The van der Waals surface area contributed by atoms with E-state index in [1.165, 1.54) is 12.4 Å². The molecule has 3 aromatic rings. The Hall–Kier alpha value is -2.51. The number of nitrogen functional groups attached to an aromatic ring is 1. The minimum Gasteiger partial charge on any atom is -0.392 e. The van der Waals surface area contributed by atoms with Crippen molar-refractivity contribution >= 4 is 11.3 Å². The third-order valence-electron chi connectivity index (χ3n) is 5.46. The molecule has 1 aliphatic heterocycles. The van der Waals surface area contributed by atoms with E-state index in [2.05, 4.69) is 21.5 Å². The van der Waals surface area contributed by atoms with Gasteiger partial charge < -0.3 is 16.2 Å². The van der Waals surface area contributed by atoms with Crippen LogP contribution < -0.4 is 11.1 Å². The second-order valence-corrected chi connectivity index (χ2v) is 7.04. The van der Waals surface area contributed by atoms with Gasteiger partial charge >= 0.3 is 0 Å². The molecule has 1 aliphatic rings. The Morgan fingerprint density at radius 1 is 1.37 bits per heavy atom. The van der Waals surface area contributed by atoms with Gasteiger partial charge in [-0.1, -0.05) is 13.0 Å². The van der Waals surface area contributed by atoms with Crippen molar-refractivity contribution in [2.75, 3.05) is 18.8 Å². The zero-order chi connectivity index (χ0) is 19.0. The van der Waals surface area contributed by atoms with Crippen molar-refractivity contribution < 1.29 is 9.50 Å². The lowest BCUT2D eigenvalue weighted by Gasteiger charge is -2.22. The Balaban J connectivity index is 1.93. The van der Waals surface area contributed by atoms with Gasteiger partial charge in [-0.2, -0.15) is 5.10 Å². The van der Waals surface area contributed by atoms with Crippen LogP contribution in [0.1, 0.15) is 42.5 Å². The molecule has 142 valence electrons. The number of aromatic nitrogens is 3. The van der Waals surface area contributed by atoms with E-state index in [4.69, 9.17) is 5.73 Å². The van der Waals surface area contributed by atoms with Crippen molar-refractivity contribution in [3.8, 4) is 11.1 Å². The maximum absolute atomic E-state index is 14.6.